The molecule has 0 unspecified atom stereocenters. The second-order valence-electron chi connectivity index (χ2n) is 5.81. The number of nitrogens with two attached hydrogens (primary N) is 1. The molecule has 1 aromatic heterocycles. The Morgan fingerprint density at radius 1 is 1.29 bits per heavy atom. The molecule has 1 heterocycles. The largest absolute Gasteiger partial charge is 0.383 e. The minimum absolute atomic E-state index is 0.666. The maximum atomic E-state index is 6.27. The Morgan fingerprint density at radius 3 is 2.48 bits per heavy atom. The molecule has 0 aliphatic carbocycles. The van der Waals surface area contributed by atoms with Crippen LogP contribution in [-0.4, -0.2) is 9.55 Å². The smallest absolute Gasteiger partial charge is 0.132 e. The van der Waals surface area contributed by atoms with Gasteiger partial charge in [-0.15, -0.1) is 6.58 Å². The van der Waals surface area contributed by atoms with Crippen LogP contribution < -0.4 is 5.73 Å². The summed E-state index contributed by atoms with van der Waals surface area (Å²) in [5.41, 5.74) is 9.58. The highest BCUT2D eigenvalue weighted by Crippen LogP contribution is 2.27. The van der Waals surface area contributed by atoms with E-state index in [2.05, 4.69) is 51.6 Å². The summed E-state index contributed by atoms with van der Waals surface area (Å²) in [4.78, 5) is 4.70. The van der Waals surface area contributed by atoms with E-state index in [1.807, 2.05) is 10.6 Å². The number of aryl methyl sites for hydroxylation is 1. The van der Waals surface area contributed by atoms with Crippen molar-refractivity contribution < 1.29 is 0 Å². The lowest BCUT2D eigenvalue weighted by Gasteiger charge is -2.07. The molecule has 2 rings (SSSR count). The van der Waals surface area contributed by atoms with E-state index < -0.39 is 0 Å². The van der Waals surface area contributed by atoms with Gasteiger partial charge in [-0.05, 0) is 17.9 Å². The van der Waals surface area contributed by atoms with Crippen LogP contribution in [0.3, 0.4) is 0 Å². The molecule has 2 aromatic rings. The summed E-state index contributed by atoms with van der Waals surface area (Å²) in [7, 11) is 0. The number of imidazole rings is 1. The SMILES string of the molecule is C=CCn1c(CC)nc(-c2ccc(CC(C)C)cc2)c1N. The summed E-state index contributed by atoms with van der Waals surface area (Å²) >= 11 is 0. The third-order valence-corrected chi connectivity index (χ3v) is 3.59. The molecule has 0 aliphatic heterocycles. The molecule has 21 heavy (non-hydrogen) atoms. The Labute approximate surface area is 127 Å². The number of nitrogens with zero attached hydrogens (tertiary/aromatic N) is 2. The Balaban J connectivity index is 2.35. The van der Waals surface area contributed by atoms with Crippen LogP contribution in [0, 0.1) is 5.92 Å². The average Bonchev–Trinajstić information content (AvgIpc) is 2.77. The van der Waals surface area contributed by atoms with Gasteiger partial charge in [0, 0.05) is 18.5 Å². The molecule has 0 bridgehead atoms. The molecule has 0 saturated carbocycles. The van der Waals surface area contributed by atoms with Crippen LogP contribution in [0.4, 0.5) is 5.82 Å². The van der Waals surface area contributed by atoms with Crippen LogP contribution in [0.2, 0.25) is 0 Å². The van der Waals surface area contributed by atoms with Crippen molar-refractivity contribution in [3.8, 4) is 11.3 Å². The highest BCUT2D eigenvalue weighted by Gasteiger charge is 2.14. The van der Waals surface area contributed by atoms with Gasteiger partial charge in [0.2, 0.25) is 0 Å². The second-order valence-corrected chi connectivity index (χ2v) is 5.81. The standard InChI is InChI=1S/C18H25N3/c1-5-11-21-16(6-2)20-17(18(21)19)15-9-7-14(8-10-15)12-13(3)4/h5,7-10,13H,1,6,11-12,19H2,2-4H3. The molecular formula is C18H25N3. The maximum absolute atomic E-state index is 6.27. The van der Waals surface area contributed by atoms with Gasteiger partial charge in [-0.25, -0.2) is 4.98 Å². The first-order valence-corrected chi connectivity index (χ1v) is 7.61. The van der Waals surface area contributed by atoms with Crippen molar-refractivity contribution in [2.75, 3.05) is 5.73 Å². The van der Waals surface area contributed by atoms with E-state index in [1.54, 1.807) is 0 Å². The Bertz CT molecular complexity index is 606. The van der Waals surface area contributed by atoms with E-state index in [-0.39, 0.29) is 0 Å². The molecule has 3 nitrogen and oxygen atoms in total. The van der Waals surface area contributed by atoms with E-state index >= 15 is 0 Å². The summed E-state index contributed by atoms with van der Waals surface area (Å²) in [6.45, 7) is 11.1. The number of hydrogen-bond acceptors (Lipinski definition) is 2. The van der Waals surface area contributed by atoms with Gasteiger partial charge in [-0.3, -0.25) is 0 Å². The lowest BCUT2D eigenvalue weighted by molar-refractivity contribution is 0.647. The maximum Gasteiger partial charge on any atom is 0.132 e. The molecule has 0 fully saturated rings. The zero-order valence-electron chi connectivity index (χ0n) is 13.3. The van der Waals surface area contributed by atoms with Crippen LogP contribution in [0.5, 0.6) is 0 Å². The van der Waals surface area contributed by atoms with Crippen LogP contribution in [-0.2, 0) is 19.4 Å². The van der Waals surface area contributed by atoms with Crippen LogP contribution in [0.15, 0.2) is 36.9 Å². The topological polar surface area (TPSA) is 43.8 Å². The van der Waals surface area contributed by atoms with Crippen LogP contribution in [0.25, 0.3) is 11.3 Å². The molecule has 0 saturated heterocycles. The average molecular weight is 283 g/mol. The monoisotopic (exact) mass is 283 g/mol. The van der Waals surface area contributed by atoms with Crippen LogP contribution in [0.1, 0.15) is 32.2 Å². The first-order chi connectivity index (χ1) is 10.1. The third kappa shape index (κ3) is 3.35. The molecule has 2 N–H and O–H groups in total. The Hall–Kier alpha value is -2.03. The highest BCUT2D eigenvalue weighted by atomic mass is 15.1. The third-order valence-electron chi connectivity index (χ3n) is 3.59. The molecule has 3 heteroatoms. The zero-order chi connectivity index (χ0) is 15.4. The molecule has 0 aliphatic rings. The first-order valence-electron chi connectivity index (χ1n) is 7.61. The summed E-state index contributed by atoms with van der Waals surface area (Å²) in [6.07, 6.45) is 3.82. The Morgan fingerprint density at radius 2 is 1.95 bits per heavy atom. The first kappa shape index (κ1) is 15.4. The fourth-order valence-electron chi connectivity index (χ4n) is 2.60. The number of aromatic nitrogens is 2. The minimum atomic E-state index is 0.666. The van der Waals surface area contributed by atoms with Crippen molar-refractivity contribution in [3.63, 3.8) is 0 Å². The van der Waals surface area contributed by atoms with E-state index in [1.165, 1.54) is 5.56 Å². The molecule has 112 valence electrons. The molecule has 0 radical (unpaired) electrons. The molecule has 1 aromatic carbocycles. The summed E-state index contributed by atoms with van der Waals surface area (Å²) in [5.74, 6) is 2.40. The number of allylic oxidation sites excluding steroid dienone is 1. The lowest BCUT2D eigenvalue weighted by Crippen LogP contribution is -2.05. The van der Waals surface area contributed by atoms with Gasteiger partial charge in [0.15, 0.2) is 0 Å². The van der Waals surface area contributed by atoms with Crippen molar-refractivity contribution >= 4 is 5.82 Å². The van der Waals surface area contributed by atoms with Gasteiger partial charge in [-0.1, -0.05) is 51.1 Å². The van der Waals surface area contributed by atoms with E-state index in [4.69, 9.17) is 10.7 Å². The zero-order valence-corrected chi connectivity index (χ0v) is 13.3. The molecule has 0 amide bonds. The van der Waals surface area contributed by atoms with Crippen molar-refractivity contribution in [3.05, 3.63) is 48.3 Å². The summed E-state index contributed by atoms with van der Waals surface area (Å²) < 4.78 is 2.03. The van der Waals surface area contributed by atoms with Crippen molar-refractivity contribution in [2.24, 2.45) is 5.92 Å². The van der Waals surface area contributed by atoms with Gasteiger partial charge in [-0.2, -0.15) is 0 Å². The highest BCUT2D eigenvalue weighted by molar-refractivity contribution is 5.71. The summed E-state index contributed by atoms with van der Waals surface area (Å²) in [5, 5.41) is 0. The van der Waals surface area contributed by atoms with Crippen molar-refractivity contribution in [1.29, 1.82) is 0 Å². The fourth-order valence-corrected chi connectivity index (χ4v) is 2.60. The van der Waals surface area contributed by atoms with Crippen LogP contribution >= 0.6 is 0 Å². The second kappa shape index (κ2) is 6.61. The van der Waals surface area contributed by atoms with Gasteiger partial charge >= 0.3 is 0 Å². The Kier molecular flexibility index (Phi) is 4.84. The number of benzene rings is 1. The number of hydrogen-bond donors (Lipinski definition) is 1. The normalized spacial score (nSPS) is 11.0. The van der Waals surface area contributed by atoms with E-state index in [9.17, 15) is 0 Å². The molecule has 0 spiro atoms. The van der Waals surface area contributed by atoms with Gasteiger partial charge in [0.25, 0.3) is 0 Å². The predicted molar refractivity (Wildman–Crippen MR) is 90.2 cm³/mol. The number of nitrogen functional groups attached to an aromatic ring is 1. The van der Waals surface area contributed by atoms with E-state index in [0.29, 0.717) is 12.5 Å². The van der Waals surface area contributed by atoms with Gasteiger partial charge in [0.05, 0.1) is 0 Å². The fraction of sp³-hybridized carbons (Fsp3) is 0.389. The van der Waals surface area contributed by atoms with Crippen molar-refractivity contribution in [2.45, 2.75) is 40.2 Å². The lowest BCUT2D eigenvalue weighted by atomic mass is 10.0. The molecular weight excluding hydrogens is 258 g/mol. The number of anilines is 1. The predicted octanol–water partition coefficient (Wildman–Crippen LogP) is 4.08. The summed E-state index contributed by atoms with van der Waals surface area (Å²) in [6, 6.07) is 8.59. The van der Waals surface area contributed by atoms with E-state index in [0.717, 1.165) is 35.7 Å². The van der Waals surface area contributed by atoms with Gasteiger partial charge < -0.3 is 10.3 Å². The molecule has 0 atom stereocenters. The quantitative estimate of drug-likeness (QED) is 0.812. The number of rotatable bonds is 6. The van der Waals surface area contributed by atoms with Gasteiger partial charge in [0.1, 0.15) is 17.3 Å². The van der Waals surface area contributed by atoms with Crippen molar-refractivity contribution in [1.82, 2.24) is 9.55 Å². The minimum Gasteiger partial charge on any atom is -0.383 e.